The standard InChI is InChI=1S/C12H11ClN4OS/c1-15-12(18)9-4-5-17(16-9)10-3-2-7(13)6-8(10)11(14)19/h2-6H,1H3,(H2,14,19)(H,15,18). The highest BCUT2D eigenvalue weighted by atomic mass is 35.5. The molecule has 0 unspecified atom stereocenters. The van der Waals surface area contributed by atoms with Gasteiger partial charge in [-0.2, -0.15) is 5.10 Å². The van der Waals surface area contributed by atoms with Gasteiger partial charge in [0.05, 0.1) is 5.69 Å². The monoisotopic (exact) mass is 294 g/mol. The second kappa shape index (κ2) is 5.38. The van der Waals surface area contributed by atoms with Crippen LogP contribution in [-0.4, -0.2) is 27.7 Å². The first-order chi connectivity index (χ1) is 9.02. The molecule has 0 fully saturated rings. The molecule has 98 valence electrons. The summed E-state index contributed by atoms with van der Waals surface area (Å²) < 4.78 is 1.54. The molecule has 0 atom stereocenters. The fraction of sp³-hybridized carbons (Fsp3) is 0.0833. The third kappa shape index (κ3) is 2.74. The molecule has 1 aromatic heterocycles. The molecule has 0 radical (unpaired) electrons. The smallest absolute Gasteiger partial charge is 0.271 e. The van der Waals surface area contributed by atoms with Gasteiger partial charge in [0.15, 0.2) is 5.69 Å². The van der Waals surface area contributed by atoms with Gasteiger partial charge in [0.2, 0.25) is 0 Å². The van der Waals surface area contributed by atoms with Crippen LogP contribution in [0, 0.1) is 0 Å². The summed E-state index contributed by atoms with van der Waals surface area (Å²) in [6.07, 6.45) is 1.66. The summed E-state index contributed by atoms with van der Waals surface area (Å²) in [6, 6.07) is 6.73. The first kappa shape index (κ1) is 13.5. The van der Waals surface area contributed by atoms with E-state index >= 15 is 0 Å². The highest BCUT2D eigenvalue weighted by Crippen LogP contribution is 2.19. The number of halogens is 1. The molecule has 1 heterocycles. The number of aromatic nitrogens is 2. The summed E-state index contributed by atoms with van der Waals surface area (Å²) in [5.41, 5.74) is 7.26. The molecule has 0 bridgehead atoms. The molecule has 2 aromatic rings. The van der Waals surface area contributed by atoms with Gasteiger partial charge >= 0.3 is 0 Å². The van der Waals surface area contributed by atoms with Crippen molar-refractivity contribution in [2.75, 3.05) is 7.05 Å². The van der Waals surface area contributed by atoms with Crippen molar-refractivity contribution >= 4 is 34.7 Å². The van der Waals surface area contributed by atoms with Crippen LogP contribution in [0.15, 0.2) is 30.5 Å². The maximum atomic E-state index is 11.5. The Morgan fingerprint density at radius 2 is 2.21 bits per heavy atom. The summed E-state index contributed by atoms with van der Waals surface area (Å²) in [5, 5.41) is 7.21. The largest absolute Gasteiger partial charge is 0.389 e. The van der Waals surface area contributed by atoms with Gasteiger partial charge in [-0.05, 0) is 24.3 Å². The number of hydrogen-bond acceptors (Lipinski definition) is 3. The SMILES string of the molecule is CNC(=O)c1ccn(-c2ccc(Cl)cc2C(N)=S)n1. The second-order valence-electron chi connectivity index (χ2n) is 3.75. The molecule has 3 N–H and O–H groups in total. The van der Waals surface area contributed by atoms with E-state index in [1.807, 2.05) is 0 Å². The zero-order valence-electron chi connectivity index (χ0n) is 10.1. The number of nitrogens with one attached hydrogen (secondary N) is 1. The average Bonchev–Trinajstić information content (AvgIpc) is 2.87. The summed E-state index contributed by atoms with van der Waals surface area (Å²) in [4.78, 5) is 11.7. The highest BCUT2D eigenvalue weighted by molar-refractivity contribution is 7.80. The number of nitrogens with two attached hydrogens (primary N) is 1. The molecule has 19 heavy (non-hydrogen) atoms. The van der Waals surface area contributed by atoms with Crippen LogP contribution in [0.25, 0.3) is 5.69 Å². The van der Waals surface area contributed by atoms with Crippen molar-refractivity contribution in [1.29, 1.82) is 0 Å². The molecule has 1 amide bonds. The maximum absolute atomic E-state index is 11.5. The predicted octanol–water partition coefficient (Wildman–Crippen LogP) is 1.52. The van der Waals surface area contributed by atoms with Gasteiger partial charge in [-0.25, -0.2) is 4.68 Å². The predicted molar refractivity (Wildman–Crippen MR) is 77.9 cm³/mol. The van der Waals surface area contributed by atoms with Gasteiger partial charge in [-0.3, -0.25) is 4.79 Å². The van der Waals surface area contributed by atoms with Gasteiger partial charge in [0.25, 0.3) is 5.91 Å². The van der Waals surface area contributed by atoms with Crippen molar-refractivity contribution < 1.29 is 4.79 Å². The molecule has 0 aliphatic heterocycles. The normalized spacial score (nSPS) is 10.2. The molecular formula is C12H11ClN4OS. The van der Waals surface area contributed by atoms with E-state index in [1.54, 1.807) is 37.5 Å². The van der Waals surface area contributed by atoms with Crippen LogP contribution in [0.4, 0.5) is 0 Å². The third-order valence-corrected chi connectivity index (χ3v) is 2.97. The number of benzene rings is 1. The number of thiocarbonyl (C=S) groups is 1. The number of carbonyl (C=O) groups excluding carboxylic acids is 1. The van der Waals surface area contributed by atoms with E-state index in [0.717, 1.165) is 0 Å². The lowest BCUT2D eigenvalue weighted by Crippen LogP contribution is -2.19. The lowest BCUT2D eigenvalue weighted by Gasteiger charge is -2.08. The number of rotatable bonds is 3. The Morgan fingerprint density at radius 3 is 2.84 bits per heavy atom. The highest BCUT2D eigenvalue weighted by Gasteiger charge is 2.12. The van der Waals surface area contributed by atoms with Crippen LogP contribution in [0.1, 0.15) is 16.1 Å². The molecule has 2 rings (SSSR count). The molecule has 0 aliphatic rings. The number of hydrogen-bond donors (Lipinski definition) is 2. The van der Waals surface area contributed by atoms with Gasteiger partial charge in [-0.1, -0.05) is 23.8 Å². The van der Waals surface area contributed by atoms with Crippen molar-refractivity contribution in [3.05, 3.63) is 46.7 Å². The summed E-state index contributed by atoms with van der Waals surface area (Å²) in [5.74, 6) is -0.260. The first-order valence-electron chi connectivity index (χ1n) is 5.40. The zero-order valence-corrected chi connectivity index (χ0v) is 11.6. The van der Waals surface area contributed by atoms with E-state index in [9.17, 15) is 4.79 Å². The fourth-order valence-electron chi connectivity index (χ4n) is 1.61. The molecule has 0 saturated heterocycles. The molecular weight excluding hydrogens is 284 g/mol. The lowest BCUT2D eigenvalue weighted by atomic mass is 10.2. The number of carbonyl (C=O) groups is 1. The van der Waals surface area contributed by atoms with Crippen molar-refractivity contribution in [1.82, 2.24) is 15.1 Å². The summed E-state index contributed by atoms with van der Waals surface area (Å²) in [6.45, 7) is 0. The molecule has 0 spiro atoms. The van der Waals surface area contributed by atoms with Crippen molar-refractivity contribution in [2.45, 2.75) is 0 Å². The van der Waals surface area contributed by atoms with Crippen LogP contribution in [-0.2, 0) is 0 Å². The Balaban J connectivity index is 2.50. The van der Waals surface area contributed by atoms with Crippen molar-refractivity contribution in [2.24, 2.45) is 5.73 Å². The molecule has 5 nitrogen and oxygen atoms in total. The number of amides is 1. The zero-order chi connectivity index (χ0) is 14.0. The Morgan fingerprint density at radius 1 is 1.47 bits per heavy atom. The van der Waals surface area contributed by atoms with E-state index < -0.39 is 0 Å². The van der Waals surface area contributed by atoms with Crippen LogP contribution >= 0.6 is 23.8 Å². The van der Waals surface area contributed by atoms with Crippen LogP contribution < -0.4 is 11.1 Å². The Labute approximate surface area is 120 Å². The van der Waals surface area contributed by atoms with Gasteiger partial charge in [0.1, 0.15) is 4.99 Å². The van der Waals surface area contributed by atoms with Crippen LogP contribution in [0.5, 0.6) is 0 Å². The minimum Gasteiger partial charge on any atom is -0.389 e. The topological polar surface area (TPSA) is 72.9 Å². The van der Waals surface area contributed by atoms with Crippen molar-refractivity contribution in [3.8, 4) is 5.69 Å². The minimum atomic E-state index is -0.260. The Bertz CT molecular complexity index is 653. The maximum Gasteiger partial charge on any atom is 0.271 e. The quantitative estimate of drug-likeness (QED) is 0.842. The Hall–Kier alpha value is -1.92. The van der Waals surface area contributed by atoms with E-state index in [4.69, 9.17) is 29.6 Å². The lowest BCUT2D eigenvalue weighted by molar-refractivity contribution is 0.0957. The summed E-state index contributed by atoms with van der Waals surface area (Å²) in [7, 11) is 1.55. The molecule has 7 heteroatoms. The second-order valence-corrected chi connectivity index (χ2v) is 4.63. The first-order valence-corrected chi connectivity index (χ1v) is 6.19. The number of nitrogens with zero attached hydrogens (tertiary/aromatic N) is 2. The van der Waals surface area contributed by atoms with Gasteiger partial charge in [0, 0.05) is 23.8 Å². The van der Waals surface area contributed by atoms with Crippen LogP contribution in [0.2, 0.25) is 5.02 Å². The Kier molecular flexibility index (Phi) is 3.82. The molecule has 1 aromatic carbocycles. The fourth-order valence-corrected chi connectivity index (χ4v) is 1.95. The van der Waals surface area contributed by atoms with E-state index in [1.165, 1.54) is 4.68 Å². The van der Waals surface area contributed by atoms with Gasteiger partial charge < -0.3 is 11.1 Å². The molecule has 0 aliphatic carbocycles. The van der Waals surface area contributed by atoms with Gasteiger partial charge in [-0.15, -0.1) is 0 Å². The van der Waals surface area contributed by atoms with Crippen LogP contribution in [0.3, 0.4) is 0 Å². The van der Waals surface area contributed by atoms with Crippen molar-refractivity contribution in [3.63, 3.8) is 0 Å². The third-order valence-electron chi connectivity index (χ3n) is 2.52. The van der Waals surface area contributed by atoms with E-state index in [2.05, 4.69) is 10.4 Å². The average molecular weight is 295 g/mol. The van der Waals surface area contributed by atoms with E-state index in [0.29, 0.717) is 22.0 Å². The molecule has 0 saturated carbocycles. The summed E-state index contributed by atoms with van der Waals surface area (Å²) >= 11 is 10.9. The minimum absolute atomic E-state index is 0.217. The van der Waals surface area contributed by atoms with E-state index in [-0.39, 0.29) is 10.9 Å².